The van der Waals surface area contributed by atoms with Gasteiger partial charge in [0, 0.05) is 17.7 Å². The van der Waals surface area contributed by atoms with Gasteiger partial charge < -0.3 is 15.1 Å². The summed E-state index contributed by atoms with van der Waals surface area (Å²) in [4.78, 5) is 24.2. The van der Waals surface area contributed by atoms with E-state index < -0.39 is 0 Å². The zero-order chi connectivity index (χ0) is 11.4. The number of rotatable bonds is 4. The minimum absolute atomic E-state index is 0.0328. The van der Waals surface area contributed by atoms with Crippen LogP contribution in [0.1, 0.15) is 0 Å². The van der Waals surface area contributed by atoms with Gasteiger partial charge in [-0.15, -0.1) is 9.63 Å². The van der Waals surface area contributed by atoms with Crippen molar-refractivity contribution in [1.82, 2.24) is 19.9 Å². The van der Waals surface area contributed by atoms with Gasteiger partial charge in [0.15, 0.2) is 11.2 Å². The van der Waals surface area contributed by atoms with Crippen LogP contribution in [0, 0.1) is 0 Å². The van der Waals surface area contributed by atoms with Crippen LogP contribution in [0.15, 0.2) is 20.8 Å². The fraction of sp³-hybridized carbons (Fsp3) is 0.286. The Labute approximate surface area is 93.4 Å². The third-order valence-electron chi connectivity index (χ3n) is 1.66. The summed E-state index contributed by atoms with van der Waals surface area (Å²) in [6.45, 7) is 0.0328. The number of fused-ring (bicyclic) bond motifs is 1. The summed E-state index contributed by atoms with van der Waals surface area (Å²) in [6, 6.07) is 0. The van der Waals surface area contributed by atoms with Crippen molar-refractivity contribution in [3.05, 3.63) is 16.7 Å². The van der Waals surface area contributed by atoms with Crippen LogP contribution >= 0.6 is 11.9 Å². The highest BCUT2D eigenvalue weighted by Crippen LogP contribution is 2.13. The van der Waals surface area contributed by atoms with Gasteiger partial charge in [0.2, 0.25) is 5.95 Å². The molecule has 0 fully saturated rings. The van der Waals surface area contributed by atoms with Crippen molar-refractivity contribution in [3.8, 4) is 0 Å². The summed E-state index contributed by atoms with van der Waals surface area (Å²) in [5.74, 6) is 0.674. The number of aliphatic hydroxyl groups is 1. The Kier molecular flexibility index (Phi) is 3.27. The fourth-order valence-corrected chi connectivity index (χ4v) is 1.32. The van der Waals surface area contributed by atoms with E-state index in [9.17, 15) is 4.79 Å². The molecular formula is C7H8N6O2S. The standard InChI is InChI=1S/C7H8N6O2S/c14-1-2-16-13-12-7-10-4-5(11-7)8-3-9-6(4)15/h3,14H,1-2H2,(H2,8,9,10,11,15). The van der Waals surface area contributed by atoms with E-state index in [1.54, 1.807) is 0 Å². The Morgan fingerprint density at radius 2 is 2.44 bits per heavy atom. The van der Waals surface area contributed by atoms with Crippen LogP contribution in [0.5, 0.6) is 0 Å². The molecule has 0 amide bonds. The lowest BCUT2D eigenvalue weighted by Crippen LogP contribution is -2.05. The van der Waals surface area contributed by atoms with Crippen LogP contribution in [0.2, 0.25) is 0 Å². The average Bonchev–Trinajstić information content (AvgIpc) is 2.69. The first-order valence-corrected chi connectivity index (χ1v) is 5.33. The summed E-state index contributed by atoms with van der Waals surface area (Å²) in [5.41, 5.74) is 0.260. The topological polar surface area (TPSA) is 119 Å². The van der Waals surface area contributed by atoms with Gasteiger partial charge in [-0.05, 0) is 0 Å². The second-order valence-corrected chi connectivity index (χ2v) is 3.56. The van der Waals surface area contributed by atoms with Gasteiger partial charge in [-0.2, -0.15) is 4.98 Å². The maximum atomic E-state index is 11.3. The van der Waals surface area contributed by atoms with Crippen LogP contribution in [0.3, 0.4) is 0 Å². The summed E-state index contributed by atoms with van der Waals surface area (Å²) in [5, 5.41) is 12.3. The Bertz CT molecular complexity index is 561. The van der Waals surface area contributed by atoms with Crippen molar-refractivity contribution in [2.75, 3.05) is 12.4 Å². The monoisotopic (exact) mass is 240 g/mol. The zero-order valence-corrected chi connectivity index (χ0v) is 8.86. The molecule has 0 bridgehead atoms. The van der Waals surface area contributed by atoms with Gasteiger partial charge in [0.05, 0.1) is 12.9 Å². The number of imidazole rings is 1. The number of nitrogens with one attached hydrogen (secondary N) is 2. The Morgan fingerprint density at radius 1 is 1.56 bits per heavy atom. The molecule has 2 aromatic rings. The first-order chi connectivity index (χ1) is 7.81. The molecule has 2 aromatic heterocycles. The number of hydrogen-bond acceptors (Lipinski definition) is 7. The molecular weight excluding hydrogens is 232 g/mol. The molecule has 16 heavy (non-hydrogen) atoms. The number of aromatic amines is 2. The van der Waals surface area contributed by atoms with Crippen LogP contribution in [0.25, 0.3) is 11.2 Å². The highest BCUT2D eigenvalue weighted by Gasteiger charge is 2.05. The quantitative estimate of drug-likeness (QED) is 0.405. The van der Waals surface area contributed by atoms with Crippen molar-refractivity contribution < 1.29 is 5.11 Å². The van der Waals surface area contributed by atoms with Crippen molar-refractivity contribution in [2.24, 2.45) is 9.63 Å². The normalized spacial score (nSPS) is 11.6. The van der Waals surface area contributed by atoms with Gasteiger partial charge >= 0.3 is 0 Å². The molecule has 0 aliphatic heterocycles. The lowest BCUT2D eigenvalue weighted by molar-refractivity contribution is 0.322. The van der Waals surface area contributed by atoms with Gasteiger partial charge in [0.1, 0.15) is 0 Å². The molecule has 0 aliphatic rings. The third-order valence-corrected chi connectivity index (χ3v) is 2.22. The SMILES string of the molecule is O=c1[nH]cnc2nc(N=NSCCO)[nH]c12. The molecule has 9 heteroatoms. The highest BCUT2D eigenvalue weighted by atomic mass is 32.2. The number of nitrogens with zero attached hydrogens (tertiary/aromatic N) is 4. The summed E-state index contributed by atoms with van der Waals surface area (Å²) < 4.78 is 3.70. The Morgan fingerprint density at radius 3 is 3.19 bits per heavy atom. The smallest absolute Gasteiger partial charge is 0.276 e. The van der Waals surface area contributed by atoms with Crippen LogP contribution in [0.4, 0.5) is 5.95 Å². The minimum atomic E-state index is -0.304. The van der Waals surface area contributed by atoms with Gasteiger partial charge in [-0.1, -0.05) is 0 Å². The predicted octanol–water partition coefficient (Wildman–Crippen LogP) is 0.370. The summed E-state index contributed by atoms with van der Waals surface area (Å²) in [6.07, 6.45) is 1.27. The number of aliphatic hydroxyl groups excluding tert-OH is 1. The lowest BCUT2D eigenvalue weighted by atomic mass is 10.6. The molecule has 0 atom stereocenters. The van der Waals surface area contributed by atoms with Gasteiger partial charge in [-0.3, -0.25) is 4.79 Å². The second-order valence-electron chi connectivity index (χ2n) is 2.73. The second kappa shape index (κ2) is 4.86. The highest BCUT2D eigenvalue weighted by molar-refractivity contribution is 7.97. The number of H-pyrrole nitrogens is 2. The minimum Gasteiger partial charge on any atom is -0.395 e. The van der Waals surface area contributed by atoms with E-state index in [1.165, 1.54) is 6.33 Å². The summed E-state index contributed by atoms with van der Waals surface area (Å²) in [7, 11) is 0. The molecule has 2 heterocycles. The lowest BCUT2D eigenvalue weighted by Gasteiger charge is -1.84. The molecule has 84 valence electrons. The Balaban J connectivity index is 2.23. The maximum Gasteiger partial charge on any atom is 0.276 e. The van der Waals surface area contributed by atoms with Gasteiger partial charge in [0.25, 0.3) is 5.56 Å². The largest absolute Gasteiger partial charge is 0.395 e. The molecule has 0 saturated carbocycles. The Hall–Kier alpha value is -1.74. The molecule has 0 radical (unpaired) electrons. The first-order valence-electron chi connectivity index (χ1n) is 4.38. The molecule has 0 aromatic carbocycles. The van der Waals surface area contributed by atoms with E-state index in [2.05, 4.69) is 29.6 Å². The number of hydrogen-bond donors (Lipinski definition) is 3. The summed E-state index contributed by atoms with van der Waals surface area (Å²) >= 11 is 1.10. The zero-order valence-electron chi connectivity index (χ0n) is 8.04. The third kappa shape index (κ3) is 2.25. The van der Waals surface area contributed by atoms with E-state index in [1.807, 2.05) is 0 Å². The predicted molar refractivity (Wildman–Crippen MR) is 58.6 cm³/mol. The van der Waals surface area contributed by atoms with Crippen molar-refractivity contribution in [3.63, 3.8) is 0 Å². The molecule has 0 spiro atoms. The fourth-order valence-electron chi connectivity index (χ4n) is 1.02. The van der Waals surface area contributed by atoms with E-state index >= 15 is 0 Å². The van der Waals surface area contributed by atoms with Crippen molar-refractivity contribution in [2.45, 2.75) is 0 Å². The van der Waals surface area contributed by atoms with E-state index in [4.69, 9.17) is 5.11 Å². The van der Waals surface area contributed by atoms with Crippen molar-refractivity contribution >= 4 is 29.1 Å². The molecule has 0 aliphatic carbocycles. The average molecular weight is 240 g/mol. The first kappa shape index (κ1) is 10.8. The molecule has 3 N–H and O–H groups in total. The number of aromatic nitrogens is 4. The van der Waals surface area contributed by atoms with Crippen molar-refractivity contribution in [1.29, 1.82) is 0 Å². The van der Waals surface area contributed by atoms with Crippen LogP contribution < -0.4 is 5.56 Å². The molecule has 0 saturated heterocycles. The van der Waals surface area contributed by atoms with E-state index in [0.717, 1.165) is 11.9 Å². The van der Waals surface area contributed by atoms with E-state index in [-0.39, 0.29) is 23.6 Å². The molecule has 8 nitrogen and oxygen atoms in total. The van der Waals surface area contributed by atoms with Crippen LogP contribution in [-0.2, 0) is 0 Å². The molecule has 0 unspecified atom stereocenters. The molecule has 2 rings (SSSR count). The van der Waals surface area contributed by atoms with Gasteiger partial charge in [-0.25, -0.2) is 4.98 Å². The van der Waals surface area contributed by atoms with E-state index in [0.29, 0.717) is 11.4 Å². The maximum absolute atomic E-state index is 11.3. The van der Waals surface area contributed by atoms with Crippen LogP contribution in [-0.4, -0.2) is 37.4 Å².